The molecular weight excluding hydrogens is 262 g/mol. The average molecular weight is 277 g/mol. The SMILES string of the molecule is CCCSc1ccc(C(=O)c2ccccc2N)s1. The summed E-state index contributed by atoms with van der Waals surface area (Å²) in [7, 11) is 0. The molecule has 0 bridgehead atoms. The first-order chi connectivity index (χ1) is 8.72. The lowest BCUT2D eigenvalue weighted by atomic mass is 10.1. The summed E-state index contributed by atoms with van der Waals surface area (Å²) in [5.41, 5.74) is 6.95. The molecule has 94 valence electrons. The van der Waals surface area contributed by atoms with Crippen molar-refractivity contribution in [3.63, 3.8) is 0 Å². The molecule has 1 heterocycles. The first-order valence-corrected chi connectivity index (χ1v) is 7.64. The first-order valence-electron chi connectivity index (χ1n) is 5.84. The van der Waals surface area contributed by atoms with Crippen LogP contribution in [0.5, 0.6) is 0 Å². The van der Waals surface area contributed by atoms with Crippen LogP contribution in [-0.4, -0.2) is 11.5 Å². The van der Waals surface area contributed by atoms with Crippen LogP contribution in [-0.2, 0) is 0 Å². The number of para-hydroxylation sites is 1. The van der Waals surface area contributed by atoms with Crippen LogP contribution in [0.3, 0.4) is 0 Å². The van der Waals surface area contributed by atoms with Crippen LogP contribution in [0.1, 0.15) is 28.6 Å². The maximum atomic E-state index is 12.3. The lowest BCUT2D eigenvalue weighted by Gasteiger charge is -2.01. The highest BCUT2D eigenvalue weighted by molar-refractivity contribution is 8.01. The van der Waals surface area contributed by atoms with Gasteiger partial charge in [0.25, 0.3) is 0 Å². The van der Waals surface area contributed by atoms with Gasteiger partial charge in [-0.05, 0) is 36.4 Å². The van der Waals surface area contributed by atoms with E-state index >= 15 is 0 Å². The van der Waals surface area contributed by atoms with Crippen molar-refractivity contribution in [3.8, 4) is 0 Å². The summed E-state index contributed by atoms with van der Waals surface area (Å²) in [5.74, 6) is 1.10. The van der Waals surface area contributed by atoms with E-state index in [1.807, 2.05) is 24.3 Å². The Kier molecular flexibility index (Phi) is 4.44. The van der Waals surface area contributed by atoms with Crippen LogP contribution in [0.25, 0.3) is 0 Å². The van der Waals surface area contributed by atoms with Gasteiger partial charge in [-0.15, -0.1) is 23.1 Å². The second-order valence-corrected chi connectivity index (χ2v) is 6.36. The maximum absolute atomic E-state index is 12.3. The largest absolute Gasteiger partial charge is 0.398 e. The smallest absolute Gasteiger partial charge is 0.205 e. The molecule has 1 aromatic heterocycles. The number of thioether (sulfide) groups is 1. The number of hydrogen-bond acceptors (Lipinski definition) is 4. The number of nitrogen functional groups attached to an aromatic ring is 1. The van der Waals surface area contributed by atoms with Gasteiger partial charge in [-0.25, -0.2) is 0 Å². The molecule has 0 saturated heterocycles. The summed E-state index contributed by atoms with van der Waals surface area (Å²) in [6.07, 6.45) is 1.14. The molecule has 0 aliphatic heterocycles. The minimum atomic E-state index is 0.0152. The summed E-state index contributed by atoms with van der Waals surface area (Å²) >= 11 is 3.34. The number of rotatable bonds is 5. The number of hydrogen-bond donors (Lipinski definition) is 1. The van der Waals surface area contributed by atoms with Gasteiger partial charge in [0.1, 0.15) is 0 Å². The van der Waals surface area contributed by atoms with Crippen molar-refractivity contribution >= 4 is 34.6 Å². The zero-order chi connectivity index (χ0) is 13.0. The molecule has 0 saturated carbocycles. The van der Waals surface area contributed by atoms with Gasteiger partial charge in [0.15, 0.2) is 0 Å². The molecule has 0 aliphatic carbocycles. The van der Waals surface area contributed by atoms with E-state index in [1.54, 1.807) is 35.2 Å². The third kappa shape index (κ3) is 2.94. The molecule has 0 spiro atoms. The number of benzene rings is 1. The van der Waals surface area contributed by atoms with Gasteiger partial charge in [0, 0.05) is 11.3 Å². The Morgan fingerprint density at radius 1 is 1.28 bits per heavy atom. The number of anilines is 1. The molecule has 18 heavy (non-hydrogen) atoms. The summed E-state index contributed by atoms with van der Waals surface area (Å²) in [5, 5.41) is 0. The monoisotopic (exact) mass is 277 g/mol. The van der Waals surface area contributed by atoms with Crippen molar-refractivity contribution in [2.45, 2.75) is 17.6 Å². The van der Waals surface area contributed by atoms with Gasteiger partial charge in [-0.2, -0.15) is 0 Å². The minimum Gasteiger partial charge on any atom is -0.398 e. The van der Waals surface area contributed by atoms with E-state index in [0.29, 0.717) is 11.3 Å². The second kappa shape index (κ2) is 6.07. The molecular formula is C14H15NOS2. The number of carbonyl (C=O) groups excluding carboxylic acids is 1. The molecule has 2 rings (SSSR count). The fourth-order valence-corrected chi connectivity index (χ4v) is 3.58. The highest BCUT2D eigenvalue weighted by Crippen LogP contribution is 2.29. The van der Waals surface area contributed by atoms with Crippen molar-refractivity contribution in [1.29, 1.82) is 0 Å². The fourth-order valence-electron chi connectivity index (χ4n) is 1.56. The van der Waals surface area contributed by atoms with Crippen LogP contribution in [0.4, 0.5) is 5.69 Å². The van der Waals surface area contributed by atoms with E-state index in [2.05, 4.69) is 6.92 Å². The lowest BCUT2D eigenvalue weighted by Crippen LogP contribution is -2.02. The molecule has 0 aliphatic rings. The highest BCUT2D eigenvalue weighted by Gasteiger charge is 2.14. The summed E-state index contributed by atoms with van der Waals surface area (Å²) < 4.78 is 1.19. The van der Waals surface area contributed by atoms with E-state index in [1.165, 1.54) is 4.21 Å². The Balaban J connectivity index is 2.19. The molecule has 2 N–H and O–H groups in total. The number of carbonyl (C=O) groups is 1. The Labute approximate surface area is 115 Å². The average Bonchev–Trinajstić information content (AvgIpc) is 2.85. The number of ketones is 1. The first kappa shape index (κ1) is 13.2. The van der Waals surface area contributed by atoms with Gasteiger partial charge >= 0.3 is 0 Å². The predicted octanol–water partition coefficient (Wildman–Crippen LogP) is 4.06. The third-order valence-corrected chi connectivity index (χ3v) is 4.97. The quantitative estimate of drug-likeness (QED) is 0.509. The maximum Gasteiger partial charge on any atom is 0.205 e. The molecule has 0 unspecified atom stereocenters. The number of nitrogens with two attached hydrogens (primary N) is 1. The zero-order valence-corrected chi connectivity index (χ0v) is 11.8. The van der Waals surface area contributed by atoms with Crippen molar-refractivity contribution in [3.05, 3.63) is 46.8 Å². The summed E-state index contributed by atoms with van der Waals surface area (Å²) in [4.78, 5) is 13.0. The van der Waals surface area contributed by atoms with E-state index in [-0.39, 0.29) is 5.78 Å². The normalized spacial score (nSPS) is 10.5. The van der Waals surface area contributed by atoms with E-state index in [4.69, 9.17) is 5.73 Å². The molecule has 0 amide bonds. The molecule has 0 radical (unpaired) electrons. The van der Waals surface area contributed by atoms with Gasteiger partial charge in [0.05, 0.1) is 9.09 Å². The third-order valence-electron chi connectivity index (χ3n) is 2.46. The van der Waals surface area contributed by atoms with Crippen LogP contribution in [0, 0.1) is 0 Å². The van der Waals surface area contributed by atoms with Gasteiger partial charge < -0.3 is 5.73 Å². The van der Waals surface area contributed by atoms with Crippen LogP contribution in [0.15, 0.2) is 40.6 Å². The van der Waals surface area contributed by atoms with Crippen LogP contribution < -0.4 is 5.73 Å². The van der Waals surface area contributed by atoms with Crippen molar-refractivity contribution in [2.24, 2.45) is 0 Å². The van der Waals surface area contributed by atoms with Crippen molar-refractivity contribution < 1.29 is 4.79 Å². The molecule has 2 nitrogen and oxygen atoms in total. The van der Waals surface area contributed by atoms with E-state index in [9.17, 15) is 4.79 Å². The van der Waals surface area contributed by atoms with Crippen LogP contribution in [0.2, 0.25) is 0 Å². The Morgan fingerprint density at radius 2 is 2.06 bits per heavy atom. The highest BCUT2D eigenvalue weighted by atomic mass is 32.2. The van der Waals surface area contributed by atoms with Gasteiger partial charge in [-0.1, -0.05) is 19.1 Å². The van der Waals surface area contributed by atoms with Crippen molar-refractivity contribution in [1.82, 2.24) is 0 Å². The van der Waals surface area contributed by atoms with E-state index in [0.717, 1.165) is 17.1 Å². The summed E-state index contributed by atoms with van der Waals surface area (Å²) in [6, 6.07) is 11.1. The van der Waals surface area contributed by atoms with Gasteiger partial charge in [0.2, 0.25) is 5.78 Å². The molecule has 2 aromatic rings. The minimum absolute atomic E-state index is 0.0152. The van der Waals surface area contributed by atoms with Crippen LogP contribution >= 0.6 is 23.1 Å². The fraction of sp³-hybridized carbons (Fsp3) is 0.214. The standard InChI is InChI=1S/C14H15NOS2/c1-2-9-17-13-8-7-12(18-13)14(16)10-5-3-4-6-11(10)15/h3-8H,2,9,15H2,1H3. The molecule has 0 fully saturated rings. The molecule has 4 heteroatoms. The lowest BCUT2D eigenvalue weighted by molar-refractivity contribution is 0.104. The summed E-state index contributed by atoms with van der Waals surface area (Å²) in [6.45, 7) is 2.15. The zero-order valence-electron chi connectivity index (χ0n) is 10.2. The Hall–Kier alpha value is -1.26. The van der Waals surface area contributed by atoms with Gasteiger partial charge in [-0.3, -0.25) is 4.79 Å². The Bertz CT molecular complexity index is 548. The molecule has 0 atom stereocenters. The second-order valence-electron chi connectivity index (χ2n) is 3.88. The van der Waals surface area contributed by atoms with Crippen molar-refractivity contribution in [2.75, 3.05) is 11.5 Å². The Morgan fingerprint density at radius 3 is 2.78 bits per heavy atom. The predicted molar refractivity (Wildman–Crippen MR) is 79.6 cm³/mol. The van der Waals surface area contributed by atoms with E-state index < -0.39 is 0 Å². The number of thiophene rings is 1. The molecule has 1 aromatic carbocycles. The topological polar surface area (TPSA) is 43.1 Å².